The van der Waals surface area contributed by atoms with E-state index in [1.165, 1.54) is 0 Å². The van der Waals surface area contributed by atoms with Crippen molar-refractivity contribution >= 4 is 17.3 Å². The Morgan fingerprint density at radius 1 is 1.15 bits per heavy atom. The summed E-state index contributed by atoms with van der Waals surface area (Å²) in [5.41, 5.74) is 2.20. The van der Waals surface area contributed by atoms with E-state index in [0.29, 0.717) is 18.2 Å². The third-order valence-corrected chi connectivity index (χ3v) is 4.76. The van der Waals surface area contributed by atoms with Gasteiger partial charge in [0.05, 0.1) is 13.2 Å². The Morgan fingerprint density at radius 2 is 1.93 bits per heavy atom. The summed E-state index contributed by atoms with van der Waals surface area (Å²) in [7, 11) is 5.78. The van der Waals surface area contributed by atoms with Crippen LogP contribution in [0.15, 0.2) is 42.5 Å². The average molecular weight is 388 g/mol. The molecule has 0 fully saturated rings. The molecule has 0 spiro atoms. The number of nitrogens with one attached hydrogen (secondary N) is 2. The first kappa shape index (κ1) is 19.3. The lowest BCUT2D eigenvalue weighted by molar-refractivity contribution is 0.174. The van der Waals surface area contributed by atoms with Gasteiger partial charge in [0.2, 0.25) is 6.79 Å². The molecule has 0 aromatic heterocycles. The lowest BCUT2D eigenvalue weighted by atomic mass is 10.0. The molecule has 0 saturated carbocycles. The van der Waals surface area contributed by atoms with Crippen molar-refractivity contribution in [3.8, 4) is 17.2 Å². The van der Waals surface area contributed by atoms with Crippen LogP contribution < -0.4 is 24.8 Å². The van der Waals surface area contributed by atoms with Gasteiger partial charge in [-0.05, 0) is 50.1 Å². The molecule has 144 valence electrons. The van der Waals surface area contributed by atoms with Crippen molar-refractivity contribution in [1.82, 2.24) is 15.5 Å². The van der Waals surface area contributed by atoms with E-state index in [2.05, 4.69) is 21.6 Å². The maximum Gasteiger partial charge on any atom is 0.231 e. The predicted octanol–water partition coefficient (Wildman–Crippen LogP) is 2.69. The zero-order chi connectivity index (χ0) is 19.2. The smallest absolute Gasteiger partial charge is 0.231 e. The van der Waals surface area contributed by atoms with E-state index in [0.717, 1.165) is 28.4 Å². The van der Waals surface area contributed by atoms with Gasteiger partial charge in [0.25, 0.3) is 0 Å². The number of ether oxygens (including phenoxy) is 3. The largest absolute Gasteiger partial charge is 0.496 e. The molecule has 2 aromatic rings. The van der Waals surface area contributed by atoms with E-state index in [1.807, 2.05) is 50.5 Å². The fourth-order valence-electron chi connectivity index (χ4n) is 3.00. The van der Waals surface area contributed by atoms with Gasteiger partial charge in [0.1, 0.15) is 5.75 Å². The standard InChI is InChI=1S/C20H25N3O3S/c1-23(2)16(15-6-4-5-7-17(15)24-3)12-22-20(27)21-11-14-8-9-18-19(10-14)26-13-25-18/h4-10,16H,11-13H2,1-3H3,(H2,21,22,27)/t16-/m0/s1. The number of para-hydroxylation sites is 1. The van der Waals surface area contributed by atoms with Crippen molar-refractivity contribution in [1.29, 1.82) is 0 Å². The second kappa shape index (κ2) is 8.92. The van der Waals surface area contributed by atoms with Crippen LogP contribution in [-0.2, 0) is 6.54 Å². The molecule has 0 unspecified atom stereocenters. The van der Waals surface area contributed by atoms with E-state index in [-0.39, 0.29) is 12.8 Å². The molecule has 1 aliphatic rings. The second-order valence-corrected chi connectivity index (χ2v) is 6.88. The molecule has 0 radical (unpaired) electrons. The maximum atomic E-state index is 5.50. The summed E-state index contributed by atoms with van der Waals surface area (Å²) in [4.78, 5) is 2.14. The number of benzene rings is 2. The molecule has 2 aromatic carbocycles. The molecule has 0 amide bonds. The highest BCUT2D eigenvalue weighted by molar-refractivity contribution is 7.80. The Bertz CT molecular complexity index is 798. The van der Waals surface area contributed by atoms with Crippen LogP contribution in [0.1, 0.15) is 17.2 Å². The SMILES string of the molecule is COc1ccccc1[C@H](CNC(=S)NCc1ccc2c(c1)OCO2)N(C)C. The van der Waals surface area contributed by atoms with Crippen LogP contribution in [-0.4, -0.2) is 44.6 Å². The minimum atomic E-state index is 0.131. The number of nitrogens with zero attached hydrogens (tertiary/aromatic N) is 1. The fourth-order valence-corrected chi connectivity index (χ4v) is 3.15. The summed E-state index contributed by atoms with van der Waals surface area (Å²) in [5, 5.41) is 7.15. The number of thiocarbonyl (C=S) groups is 1. The first-order valence-corrected chi connectivity index (χ1v) is 9.19. The summed E-state index contributed by atoms with van der Waals surface area (Å²) in [6.45, 7) is 1.56. The molecule has 7 heteroatoms. The number of hydrogen-bond acceptors (Lipinski definition) is 5. The van der Waals surface area contributed by atoms with Crippen LogP contribution in [0, 0.1) is 0 Å². The Morgan fingerprint density at radius 3 is 2.70 bits per heavy atom. The number of likely N-dealkylation sites (N-methyl/N-ethyl adjacent to an activating group) is 1. The van der Waals surface area contributed by atoms with Crippen LogP contribution in [0.3, 0.4) is 0 Å². The van der Waals surface area contributed by atoms with Gasteiger partial charge in [0, 0.05) is 18.7 Å². The maximum absolute atomic E-state index is 5.50. The van der Waals surface area contributed by atoms with Crippen molar-refractivity contribution in [2.24, 2.45) is 0 Å². The third kappa shape index (κ3) is 4.81. The van der Waals surface area contributed by atoms with Gasteiger partial charge in [-0.3, -0.25) is 0 Å². The van der Waals surface area contributed by atoms with Gasteiger partial charge in [0.15, 0.2) is 16.6 Å². The van der Waals surface area contributed by atoms with Crippen molar-refractivity contribution in [2.75, 3.05) is 34.5 Å². The summed E-state index contributed by atoms with van der Waals surface area (Å²) in [6.07, 6.45) is 0. The molecule has 0 saturated heterocycles. The quantitative estimate of drug-likeness (QED) is 0.709. The van der Waals surface area contributed by atoms with Crippen LogP contribution in [0.5, 0.6) is 17.2 Å². The van der Waals surface area contributed by atoms with Crippen molar-refractivity contribution < 1.29 is 14.2 Å². The topological polar surface area (TPSA) is 55.0 Å². The van der Waals surface area contributed by atoms with E-state index in [4.69, 9.17) is 26.4 Å². The van der Waals surface area contributed by atoms with E-state index < -0.39 is 0 Å². The minimum Gasteiger partial charge on any atom is -0.496 e. The van der Waals surface area contributed by atoms with Crippen molar-refractivity contribution in [3.63, 3.8) is 0 Å². The van der Waals surface area contributed by atoms with Crippen molar-refractivity contribution in [3.05, 3.63) is 53.6 Å². The van der Waals surface area contributed by atoms with Crippen LogP contribution in [0.25, 0.3) is 0 Å². The van der Waals surface area contributed by atoms with Crippen molar-refractivity contribution in [2.45, 2.75) is 12.6 Å². The molecule has 27 heavy (non-hydrogen) atoms. The summed E-state index contributed by atoms with van der Waals surface area (Å²) in [5.74, 6) is 2.43. The molecule has 1 aliphatic heterocycles. The summed E-state index contributed by atoms with van der Waals surface area (Å²) < 4.78 is 16.2. The van der Waals surface area contributed by atoms with Gasteiger partial charge in [-0.25, -0.2) is 0 Å². The highest BCUT2D eigenvalue weighted by Crippen LogP contribution is 2.32. The van der Waals surface area contributed by atoms with Crippen LogP contribution in [0.4, 0.5) is 0 Å². The highest BCUT2D eigenvalue weighted by Gasteiger charge is 2.18. The molecule has 0 aliphatic carbocycles. The number of fused-ring (bicyclic) bond motifs is 1. The molecular formula is C20H25N3O3S. The van der Waals surface area contributed by atoms with Gasteiger partial charge in [-0.1, -0.05) is 24.3 Å². The average Bonchev–Trinajstić information content (AvgIpc) is 3.14. The summed E-state index contributed by atoms with van der Waals surface area (Å²) >= 11 is 5.44. The van der Waals surface area contributed by atoms with Gasteiger partial charge >= 0.3 is 0 Å². The van der Waals surface area contributed by atoms with E-state index >= 15 is 0 Å². The molecule has 6 nitrogen and oxygen atoms in total. The Balaban J connectivity index is 1.55. The minimum absolute atomic E-state index is 0.131. The Labute approximate surface area is 165 Å². The van der Waals surface area contributed by atoms with Gasteiger partial charge < -0.3 is 29.7 Å². The molecule has 0 bridgehead atoms. The Kier molecular flexibility index (Phi) is 6.36. The normalized spacial score (nSPS) is 13.3. The second-order valence-electron chi connectivity index (χ2n) is 6.47. The third-order valence-electron chi connectivity index (χ3n) is 4.47. The predicted molar refractivity (Wildman–Crippen MR) is 109 cm³/mol. The molecule has 1 atom stereocenters. The molecule has 1 heterocycles. The lowest BCUT2D eigenvalue weighted by Crippen LogP contribution is -2.40. The summed E-state index contributed by atoms with van der Waals surface area (Å²) in [6, 6.07) is 14.1. The zero-order valence-corrected chi connectivity index (χ0v) is 16.6. The fraction of sp³-hybridized carbons (Fsp3) is 0.350. The Hall–Kier alpha value is -2.51. The number of rotatable bonds is 7. The molecule has 2 N–H and O–H groups in total. The highest BCUT2D eigenvalue weighted by atomic mass is 32.1. The lowest BCUT2D eigenvalue weighted by Gasteiger charge is -2.27. The van der Waals surface area contributed by atoms with Crippen LogP contribution >= 0.6 is 12.2 Å². The van der Waals surface area contributed by atoms with E-state index in [9.17, 15) is 0 Å². The number of hydrogen-bond donors (Lipinski definition) is 2. The van der Waals surface area contributed by atoms with Crippen LogP contribution in [0.2, 0.25) is 0 Å². The molecule has 3 rings (SSSR count). The molecular weight excluding hydrogens is 362 g/mol. The van der Waals surface area contributed by atoms with E-state index in [1.54, 1.807) is 7.11 Å². The monoisotopic (exact) mass is 387 g/mol. The first-order valence-electron chi connectivity index (χ1n) is 8.78. The number of methoxy groups -OCH3 is 1. The zero-order valence-electron chi connectivity index (χ0n) is 15.8. The van der Waals surface area contributed by atoms with Gasteiger partial charge in [-0.2, -0.15) is 0 Å². The van der Waals surface area contributed by atoms with Gasteiger partial charge in [-0.15, -0.1) is 0 Å². The first-order chi connectivity index (χ1) is 13.1.